The number of anilines is 1. The van der Waals surface area contributed by atoms with Gasteiger partial charge in [0.25, 0.3) is 5.91 Å². The molecular formula is C22H24FNO4. The number of hydrogen-bond donors (Lipinski definition) is 1. The molecule has 0 unspecified atom stereocenters. The Morgan fingerprint density at radius 3 is 2.25 bits per heavy atom. The molecule has 6 heteroatoms. The zero-order valence-corrected chi connectivity index (χ0v) is 16.0. The van der Waals surface area contributed by atoms with Crippen LogP contribution in [0.3, 0.4) is 0 Å². The summed E-state index contributed by atoms with van der Waals surface area (Å²) in [6, 6.07) is 12.6. The van der Waals surface area contributed by atoms with Gasteiger partial charge < -0.3 is 10.1 Å². The van der Waals surface area contributed by atoms with Crippen molar-refractivity contribution in [2.24, 2.45) is 0 Å². The lowest BCUT2D eigenvalue weighted by molar-refractivity contribution is -0.153. The molecule has 0 saturated heterocycles. The molecule has 5 nitrogen and oxygen atoms in total. The Bertz CT molecular complexity index is 815. The fraction of sp³-hybridized carbons (Fsp3) is 0.318. The molecule has 1 N–H and O–H groups in total. The number of ether oxygens (including phenoxy) is 1. The number of esters is 1. The van der Waals surface area contributed by atoms with E-state index in [2.05, 4.69) is 12.2 Å². The number of carbonyl (C=O) groups is 3. The molecule has 28 heavy (non-hydrogen) atoms. The van der Waals surface area contributed by atoms with Crippen LogP contribution in [0, 0.1) is 5.82 Å². The number of aryl methyl sites for hydroxylation is 1. The second-order valence-electron chi connectivity index (χ2n) is 6.50. The fourth-order valence-electron chi connectivity index (χ4n) is 2.59. The smallest absolute Gasteiger partial charge is 0.307 e. The van der Waals surface area contributed by atoms with E-state index in [0.717, 1.165) is 12.8 Å². The van der Waals surface area contributed by atoms with Crippen LogP contribution in [0.2, 0.25) is 0 Å². The molecule has 0 spiro atoms. The van der Waals surface area contributed by atoms with E-state index in [9.17, 15) is 18.8 Å². The number of Topliss-reactive ketones (excluding diaryl/α,β-unsaturated/α-hetero) is 1. The zero-order valence-electron chi connectivity index (χ0n) is 16.0. The van der Waals surface area contributed by atoms with Gasteiger partial charge in [-0.1, -0.05) is 37.6 Å². The van der Waals surface area contributed by atoms with Gasteiger partial charge in [-0.25, -0.2) is 4.39 Å². The number of halogens is 1. The lowest BCUT2D eigenvalue weighted by atomic mass is 10.0. The average Bonchev–Trinajstić information content (AvgIpc) is 2.68. The van der Waals surface area contributed by atoms with Crippen molar-refractivity contribution in [2.75, 3.05) is 5.32 Å². The van der Waals surface area contributed by atoms with Crippen molar-refractivity contribution >= 4 is 23.3 Å². The average molecular weight is 385 g/mol. The molecule has 0 aliphatic heterocycles. The molecular weight excluding hydrogens is 361 g/mol. The first-order chi connectivity index (χ1) is 13.4. The molecule has 0 fully saturated rings. The van der Waals surface area contributed by atoms with Crippen LogP contribution in [0.5, 0.6) is 0 Å². The summed E-state index contributed by atoms with van der Waals surface area (Å²) in [6.07, 6.45) is 0.869. The molecule has 0 bridgehead atoms. The summed E-state index contributed by atoms with van der Waals surface area (Å²) in [5.74, 6) is -1.72. The molecule has 1 amide bonds. The zero-order chi connectivity index (χ0) is 20.5. The Hall–Kier alpha value is -3.02. The first kappa shape index (κ1) is 21.3. The van der Waals surface area contributed by atoms with Gasteiger partial charge in [0.05, 0.1) is 6.42 Å². The molecule has 2 rings (SSSR count). The van der Waals surface area contributed by atoms with Crippen molar-refractivity contribution in [3.63, 3.8) is 0 Å². The van der Waals surface area contributed by atoms with Crippen LogP contribution in [-0.2, 0) is 20.7 Å². The number of carbonyl (C=O) groups excluding carboxylic acids is 3. The molecule has 2 aromatic carbocycles. The van der Waals surface area contributed by atoms with Crippen molar-refractivity contribution in [2.45, 2.75) is 45.6 Å². The lowest BCUT2D eigenvalue weighted by Gasteiger charge is -2.13. The SMILES string of the molecule is CCCc1ccc(C(=O)CCC(=O)O[C@H](C)C(=O)Nc2ccc(F)cc2)cc1. The number of hydrogen-bond acceptors (Lipinski definition) is 4. The van der Waals surface area contributed by atoms with E-state index in [1.165, 1.54) is 36.8 Å². The summed E-state index contributed by atoms with van der Waals surface area (Å²) >= 11 is 0. The Morgan fingerprint density at radius 2 is 1.64 bits per heavy atom. The summed E-state index contributed by atoms with van der Waals surface area (Å²) in [7, 11) is 0. The summed E-state index contributed by atoms with van der Waals surface area (Å²) < 4.78 is 17.9. The first-order valence-electron chi connectivity index (χ1n) is 9.27. The van der Waals surface area contributed by atoms with Gasteiger partial charge in [0.1, 0.15) is 5.82 Å². The fourth-order valence-corrected chi connectivity index (χ4v) is 2.59. The Labute approximate surface area is 163 Å². The van der Waals surface area contributed by atoms with Crippen LogP contribution in [0.1, 0.15) is 49.0 Å². The van der Waals surface area contributed by atoms with Crippen molar-refractivity contribution in [3.05, 3.63) is 65.5 Å². The predicted molar refractivity (Wildman–Crippen MR) is 105 cm³/mol. The third kappa shape index (κ3) is 6.61. The highest BCUT2D eigenvalue weighted by Gasteiger charge is 2.19. The maximum Gasteiger partial charge on any atom is 0.307 e. The molecule has 2 aromatic rings. The van der Waals surface area contributed by atoms with Crippen molar-refractivity contribution in [1.29, 1.82) is 0 Å². The largest absolute Gasteiger partial charge is 0.453 e. The van der Waals surface area contributed by atoms with E-state index in [4.69, 9.17) is 4.74 Å². The van der Waals surface area contributed by atoms with E-state index >= 15 is 0 Å². The minimum Gasteiger partial charge on any atom is -0.453 e. The van der Waals surface area contributed by atoms with Crippen molar-refractivity contribution in [1.82, 2.24) is 0 Å². The third-order valence-corrected chi connectivity index (χ3v) is 4.16. The molecule has 0 heterocycles. The van der Waals surface area contributed by atoms with Crippen LogP contribution >= 0.6 is 0 Å². The second-order valence-corrected chi connectivity index (χ2v) is 6.50. The van der Waals surface area contributed by atoms with E-state index in [-0.39, 0.29) is 18.6 Å². The highest BCUT2D eigenvalue weighted by molar-refractivity contribution is 5.98. The molecule has 0 radical (unpaired) electrons. The van der Waals surface area contributed by atoms with E-state index in [0.29, 0.717) is 11.3 Å². The topological polar surface area (TPSA) is 72.5 Å². The van der Waals surface area contributed by atoms with Crippen LogP contribution in [0.25, 0.3) is 0 Å². The summed E-state index contributed by atoms with van der Waals surface area (Å²) in [5.41, 5.74) is 2.12. The van der Waals surface area contributed by atoms with Crippen molar-refractivity contribution in [3.8, 4) is 0 Å². The van der Waals surface area contributed by atoms with E-state index in [1.807, 2.05) is 12.1 Å². The highest BCUT2D eigenvalue weighted by Crippen LogP contribution is 2.12. The number of ketones is 1. The number of nitrogens with one attached hydrogen (secondary N) is 1. The molecule has 1 atom stereocenters. The molecule has 0 aliphatic rings. The minimum atomic E-state index is -1.03. The molecule has 0 saturated carbocycles. The van der Waals surface area contributed by atoms with Gasteiger partial charge in [-0.05, 0) is 43.2 Å². The number of benzene rings is 2. The third-order valence-electron chi connectivity index (χ3n) is 4.16. The summed E-state index contributed by atoms with van der Waals surface area (Å²) in [4.78, 5) is 36.1. The Kier molecular flexibility index (Phi) is 7.87. The van der Waals surface area contributed by atoms with Gasteiger partial charge >= 0.3 is 5.97 Å². The van der Waals surface area contributed by atoms with Gasteiger partial charge in [-0.3, -0.25) is 14.4 Å². The predicted octanol–water partition coefficient (Wildman–Crippen LogP) is 4.31. The van der Waals surface area contributed by atoms with Gasteiger partial charge in [-0.2, -0.15) is 0 Å². The summed E-state index contributed by atoms with van der Waals surface area (Å²) in [6.45, 7) is 3.52. The first-order valence-corrected chi connectivity index (χ1v) is 9.27. The normalized spacial score (nSPS) is 11.5. The molecule has 0 aliphatic carbocycles. The van der Waals surface area contributed by atoms with Gasteiger partial charge in [0.15, 0.2) is 11.9 Å². The Morgan fingerprint density at radius 1 is 1.00 bits per heavy atom. The molecule has 0 aromatic heterocycles. The number of rotatable bonds is 9. The number of amides is 1. The Balaban J connectivity index is 1.78. The lowest BCUT2D eigenvalue weighted by Crippen LogP contribution is -2.30. The van der Waals surface area contributed by atoms with Gasteiger partial charge in [0.2, 0.25) is 0 Å². The quantitative estimate of drug-likeness (QED) is 0.516. The van der Waals surface area contributed by atoms with Gasteiger partial charge in [0, 0.05) is 17.7 Å². The van der Waals surface area contributed by atoms with Crippen LogP contribution in [0.15, 0.2) is 48.5 Å². The minimum absolute atomic E-state index is 0.0122. The van der Waals surface area contributed by atoms with Gasteiger partial charge in [-0.15, -0.1) is 0 Å². The van der Waals surface area contributed by atoms with E-state index in [1.54, 1.807) is 12.1 Å². The highest BCUT2D eigenvalue weighted by atomic mass is 19.1. The van der Waals surface area contributed by atoms with Crippen molar-refractivity contribution < 1.29 is 23.5 Å². The van der Waals surface area contributed by atoms with Crippen LogP contribution < -0.4 is 5.32 Å². The maximum absolute atomic E-state index is 12.9. The van der Waals surface area contributed by atoms with E-state index < -0.39 is 23.8 Å². The maximum atomic E-state index is 12.9. The second kappa shape index (κ2) is 10.3. The van der Waals surface area contributed by atoms with Crippen LogP contribution in [-0.4, -0.2) is 23.8 Å². The molecule has 148 valence electrons. The summed E-state index contributed by atoms with van der Waals surface area (Å²) in [5, 5.41) is 2.53. The van der Waals surface area contributed by atoms with Crippen LogP contribution in [0.4, 0.5) is 10.1 Å². The monoisotopic (exact) mass is 385 g/mol. The standard InChI is InChI=1S/C22H24FNO4/c1-3-4-16-5-7-17(8-6-16)20(25)13-14-21(26)28-15(2)22(27)24-19-11-9-18(23)10-12-19/h5-12,15H,3-4,13-14H2,1-2H3,(H,24,27)/t15-/m1/s1.